The fourth-order valence-corrected chi connectivity index (χ4v) is 6.46. The van der Waals surface area contributed by atoms with Crippen LogP contribution in [0, 0.1) is 11.3 Å². The van der Waals surface area contributed by atoms with Gasteiger partial charge in [-0.3, -0.25) is 14.7 Å². The van der Waals surface area contributed by atoms with Crippen molar-refractivity contribution in [2.45, 2.75) is 35.3 Å². The molecule has 0 spiro atoms. The van der Waals surface area contributed by atoms with Gasteiger partial charge in [-0.05, 0) is 36.1 Å². The summed E-state index contributed by atoms with van der Waals surface area (Å²) in [5, 5.41) is 20.0. The smallest absolute Gasteiger partial charge is 0.219 e. The van der Waals surface area contributed by atoms with Crippen LogP contribution in [0.4, 0.5) is 5.13 Å². The summed E-state index contributed by atoms with van der Waals surface area (Å²) in [4.78, 5) is 19.1. The second kappa shape index (κ2) is 9.58. The SMILES string of the molecule is N#CC1=C(N)N(c2nnc(SCc3ccccc3Cl)s2)C2=C(C(=O)CCC2)C1c1cccnc1. The molecule has 10 heteroatoms. The van der Waals surface area contributed by atoms with Gasteiger partial charge in [0.25, 0.3) is 0 Å². The van der Waals surface area contributed by atoms with E-state index in [4.69, 9.17) is 17.3 Å². The minimum atomic E-state index is -0.528. The molecule has 2 aliphatic rings. The molecule has 1 aromatic carbocycles. The Morgan fingerprint density at radius 3 is 2.85 bits per heavy atom. The van der Waals surface area contributed by atoms with Gasteiger partial charge in [0.1, 0.15) is 5.82 Å². The summed E-state index contributed by atoms with van der Waals surface area (Å²) in [6.45, 7) is 0. The van der Waals surface area contributed by atoms with E-state index < -0.39 is 5.92 Å². The third kappa shape index (κ3) is 4.09. The number of carbonyl (C=O) groups is 1. The highest BCUT2D eigenvalue weighted by molar-refractivity contribution is 8.00. The first kappa shape index (κ1) is 22.6. The highest BCUT2D eigenvalue weighted by Gasteiger charge is 2.41. The van der Waals surface area contributed by atoms with Crippen LogP contribution in [0.5, 0.6) is 0 Å². The van der Waals surface area contributed by atoms with Gasteiger partial charge in [0.05, 0.1) is 17.6 Å². The summed E-state index contributed by atoms with van der Waals surface area (Å²) in [6, 6.07) is 13.6. The molecule has 0 amide bonds. The number of anilines is 1. The number of benzene rings is 1. The number of aromatic nitrogens is 3. The van der Waals surface area contributed by atoms with Gasteiger partial charge in [-0.25, -0.2) is 0 Å². The van der Waals surface area contributed by atoms with Gasteiger partial charge in [0.15, 0.2) is 10.1 Å². The van der Waals surface area contributed by atoms with Crippen LogP contribution in [-0.4, -0.2) is 21.0 Å². The number of pyridine rings is 1. The van der Waals surface area contributed by atoms with Crippen molar-refractivity contribution < 1.29 is 4.79 Å². The Balaban J connectivity index is 1.52. The molecular weight excluding hydrogens is 488 g/mol. The molecule has 1 aliphatic heterocycles. The van der Waals surface area contributed by atoms with E-state index in [2.05, 4.69) is 21.3 Å². The Bertz CT molecular complexity index is 1360. The molecule has 5 rings (SSSR count). The van der Waals surface area contributed by atoms with Gasteiger partial charge < -0.3 is 5.73 Å². The fourth-order valence-electron chi connectivity index (χ4n) is 4.29. The number of thioether (sulfide) groups is 1. The predicted molar refractivity (Wildman–Crippen MR) is 133 cm³/mol. The molecule has 0 fully saturated rings. The Morgan fingerprint density at radius 1 is 1.24 bits per heavy atom. The number of rotatable bonds is 5. The first-order valence-electron chi connectivity index (χ1n) is 10.6. The van der Waals surface area contributed by atoms with E-state index in [0.29, 0.717) is 39.9 Å². The Hall–Kier alpha value is -3.19. The van der Waals surface area contributed by atoms with E-state index >= 15 is 0 Å². The molecule has 1 unspecified atom stereocenters. The van der Waals surface area contributed by atoms with Gasteiger partial charge >= 0.3 is 0 Å². The van der Waals surface area contributed by atoms with Crippen LogP contribution < -0.4 is 10.6 Å². The van der Waals surface area contributed by atoms with Crippen LogP contribution in [0.15, 0.2) is 75.8 Å². The fraction of sp³-hybridized carbons (Fsp3) is 0.208. The van der Waals surface area contributed by atoms with Gasteiger partial charge in [0.2, 0.25) is 5.13 Å². The van der Waals surface area contributed by atoms with Gasteiger partial charge in [-0.15, -0.1) is 10.2 Å². The van der Waals surface area contributed by atoms with E-state index in [9.17, 15) is 10.1 Å². The maximum absolute atomic E-state index is 13.1. The third-order valence-corrected chi connectivity index (χ3v) is 8.29. The number of carbonyl (C=O) groups excluding carboxylic acids is 1. The molecule has 1 aliphatic carbocycles. The maximum Gasteiger partial charge on any atom is 0.219 e. The predicted octanol–water partition coefficient (Wildman–Crippen LogP) is 5.18. The highest BCUT2D eigenvalue weighted by Crippen LogP contribution is 2.47. The molecule has 2 N–H and O–H groups in total. The van der Waals surface area contributed by atoms with Crippen molar-refractivity contribution in [1.82, 2.24) is 15.2 Å². The molecule has 1 atom stereocenters. The number of nitriles is 1. The average molecular weight is 507 g/mol. The molecule has 3 heterocycles. The maximum atomic E-state index is 13.1. The van der Waals surface area contributed by atoms with Crippen molar-refractivity contribution in [1.29, 1.82) is 5.26 Å². The molecule has 0 bridgehead atoms. The second-order valence-corrected chi connectivity index (χ2v) is 10.4. The summed E-state index contributed by atoms with van der Waals surface area (Å²) in [5.41, 5.74) is 10.1. The number of allylic oxidation sites excluding steroid dienone is 3. The van der Waals surface area contributed by atoms with Gasteiger partial charge in [0, 0.05) is 40.9 Å². The normalized spacial score (nSPS) is 18.2. The molecule has 0 saturated heterocycles. The highest BCUT2D eigenvalue weighted by atomic mass is 35.5. The van der Waals surface area contributed by atoms with Crippen LogP contribution >= 0.6 is 34.7 Å². The zero-order valence-corrected chi connectivity index (χ0v) is 20.3. The van der Waals surface area contributed by atoms with Crippen molar-refractivity contribution in [2.24, 2.45) is 5.73 Å². The summed E-state index contributed by atoms with van der Waals surface area (Å²) in [7, 11) is 0. The topological polar surface area (TPSA) is 109 Å². The van der Waals surface area contributed by atoms with Gasteiger partial charge in [-0.1, -0.05) is 59.0 Å². The summed E-state index contributed by atoms with van der Waals surface area (Å²) < 4.78 is 0.750. The molecule has 170 valence electrons. The lowest BCUT2D eigenvalue weighted by Gasteiger charge is -2.37. The monoisotopic (exact) mass is 506 g/mol. The Labute approximate surface area is 210 Å². The van der Waals surface area contributed by atoms with Crippen LogP contribution in [0.2, 0.25) is 5.02 Å². The number of halogens is 1. The van der Waals surface area contributed by atoms with Crippen molar-refractivity contribution in [3.63, 3.8) is 0 Å². The van der Waals surface area contributed by atoms with E-state index in [-0.39, 0.29) is 11.6 Å². The van der Waals surface area contributed by atoms with Crippen molar-refractivity contribution in [3.05, 3.63) is 87.6 Å². The lowest BCUT2D eigenvalue weighted by Crippen LogP contribution is -2.38. The van der Waals surface area contributed by atoms with E-state index in [0.717, 1.165) is 27.6 Å². The second-order valence-electron chi connectivity index (χ2n) is 7.83. The van der Waals surface area contributed by atoms with Crippen LogP contribution in [0.1, 0.15) is 36.3 Å². The van der Waals surface area contributed by atoms with Crippen LogP contribution in [-0.2, 0) is 10.5 Å². The number of nitrogens with two attached hydrogens (primary N) is 1. The molecule has 2 aromatic heterocycles. The minimum absolute atomic E-state index is 0.0261. The summed E-state index contributed by atoms with van der Waals surface area (Å²) >= 11 is 9.18. The minimum Gasteiger partial charge on any atom is -0.384 e. The molecule has 7 nitrogen and oxygen atoms in total. The quantitative estimate of drug-likeness (QED) is 0.471. The molecule has 3 aromatic rings. The molecule has 34 heavy (non-hydrogen) atoms. The average Bonchev–Trinajstić information content (AvgIpc) is 3.32. The lowest BCUT2D eigenvalue weighted by atomic mass is 9.76. The summed E-state index contributed by atoms with van der Waals surface area (Å²) in [6.07, 6.45) is 5.18. The first-order chi connectivity index (χ1) is 16.6. The number of Topliss-reactive ketones (excluding diaryl/α,β-unsaturated/α-hetero) is 1. The Morgan fingerprint density at radius 2 is 2.09 bits per heavy atom. The first-order valence-corrected chi connectivity index (χ1v) is 12.8. The number of nitrogens with zero attached hydrogens (tertiary/aromatic N) is 5. The van der Waals surface area contributed by atoms with Crippen LogP contribution in [0.25, 0.3) is 0 Å². The van der Waals surface area contributed by atoms with Crippen molar-refractivity contribution in [2.75, 3.05) is 4.90 Å². The van der Waals surface area contributed by atoms with E-state index in [1.807, 2.05) is 30.3 Å². The third-order valence-electron chi connectivity index (χ3n) is 5.83. The van der Waals surface area contributed by atoms with E-state index in [1.165, 1.54) is 23.1 Å². The zero-order valence-electron chi connectivity index (χ0n) is 17.9. The lowest BCUT2D eigenvalue weighted by molar-refractivity contribution is -0.116. The molecular formula is C24H19ClN6OS2. The van der Waals surface area contributed by atoms with Crippen molar-refractivity contribution in [3.8, 4) is 6.07 Å². The number of hydrogen-bond acceptors (Lipinski definition) is 9. The molecule has 0 radical (unpaired) electrons. The number of ketones is 1. The Kier molecular flexibility index (Phi) is 6.37. The largest absolute Gasteiger partial charge is 0.384 e. The summed E-state index contributed by atoms with van der Waals surface area (Å²) in [5.74, 6) is 0.431. The number of hydrogen-bond donors (Lipinski definition) is 1. The molecule has 0 saturated carbocycles. The standard InChI is InChI=1S/C24H19ClN6OS2/c25-17-7-2-1-5-15(17)13-33-24-30-29-23(34-24)31-18-8-3-9-19(32)21(18)20(16(11-26)22(31)27)14-6-4-10-28-12-14/h1-2,4-7,10,12,20H,3,8-9,13,27H2. The van der Waals surface area contributed by atoms with Gasteiger partial charge in [-0.2, -0.15) is 5.26 Å². The van der Waals surface area contributed by atoms with Crippen molar-refractivity contribution >= 4 is 45.6 Å². The van der Waals surface area contributed by atoms with Crippen LogP contribution in [0.3, 0.4) is 0 Å². The zero-order chi connectivity index (χ0) is 23.7. The van der Waals surface area contributed by atoms with E-state index in [1.54, 1.807) is 23.4 Å².